The third-order valence-electron chi connectivity index (χ3n) is 3.33. The van der Waals surface area contributed by atoms with Crippen molar-refractivity contribution in [1.82, 2.24) is 9.97 Å². The molecule has 1 aliphatic carbocycles. The summed E-state index contributed by atoms with van der Waals surface area (Å²) in [6, 6.07) is 5.85. The second kappa shape index (κ2) is 5.37. The first-order valence-electron chi connectivity index (χ1n) is 6.40. The average molecular weight is 401 g/mol. The Bertz CT molecular complexity index is 670. The molecule has 6 heteroatoms. The van der Waals surface area contributed by atoms with Gasteiger partial charge in [-0.15, -0.1) is 0 Å². The fraction of sp³-hybridized carbons (Fsp3) is 0.286. The zero-order valence-corrected chi connectivity index (χ0v) is 13.9. The number of benzene rings is 1. The summed E-state index contributed by atoms with van der Waals surface area (Å²) < 4.78 is 1.09. The van der Waals surface area contributed by atoms with Crippen molar-refractivity contribution < 1.29 is 0 Å². The van der Waals surface area contributed by atoms with Gasteiger partial charge in [0.1, 0.15) is 17.5 Å². The number of hydrogen-bond acceptors (Lipinski definition) is 4. The lowest BCUT2D eigenvalue weighted by Crippen LogP contribution is -2.06. The second-order valence-electron chi connectivity index (χ2n) is 4.96. The van der Waals surface area contributed by atoms with Gasteiger partial charge in [0.25, 0.3) is 0 Å². The molecule has 0 bridgehead atoms. The summed E-state index contributed by atoms with van der Waals surface area (Å²) in [6.07, 6.45) is 2.29. The molecule has 0 saturated heterocycles. The molecule has 0 radical (unpaired) electrons. The van der Waals surface area contributed by atoms with Crippen LogP contribution in [0.25, 0.3) is 0 Å². The standard InChI is InChI=1S/C14H14ClIN4/c1-7-12(17)19-14(8-2-3-8)20-13(7)18-11-5-4-9(16)6-10(11)15/h4-6,8H,2-3H2,1H3,(H3,17,18,19,20). The number of anilines is 3. The van der Waals surface area contributed by atoms with E-state index in [1.54, 1.807) is 0 Å². The Balaban J connectivity index is 1.97. The van der Waals surface area contributed by atoms with Gasteiger partial charge < -0.3 is 11.1 Å². The molecule has 1 aromatic carbocycles. The lowest BCUT2D eigenvalue weighted by atomic mass is 10.2. The van der Waals surface area contributed by atoms with E-state index in [9.17, 15) is 0 Å². The van der Waals surface area contributed by atoms with Gasteiger partial charge in [-0.05, 0) is 60.6 Å². The number of halogens is 2. The van der Waals surface area contributed by atoms with Gasteiger partial charge in [0.15, 0.2) is 0 Å². The van der Waals surface area contributed by atoms with Crippen molar-refractivity contribution in [1.29, 1.82) is 0 Å². The minimum Gasteiger partial charge on any atom is -0.383 e. The number of hydrogen-bond donors (Lipinski definition) is 2. The van der Waals surface area contributed by atoms with Crippen LogP contribution in [0.2, 0.25) is 5.02 Å². The summed E-state index contributed by atoms with van der Waals surface area (Å²) in [6.45, 7) is 1.91. The first kappa shape index (κ1) is 13.9. The van der Waals surface area contributed by atoms with Gasteiger partial charge in [-0.2, -0.15) is 0 Å². The lowest BCUT2D eigenvalue weighted by Gasteiger charge is -2.13. The third-order valence-corrected chi connectivity index (χ3v) is 4.31. The highest BCUT2D eigenvalue weighted by Gasteiger charge is 2.28. The van der Waals surface area contributed by atoms with Crippen LogP contribution in [0.15, 0.2) is 18.2 Å². The van der Waals surface area contributed by atoms with Crippen molar-refractivity contribution in [2.24, 2.45) is 0 Å². The van der Waals surface area contributed by atoms with E-state index >= 15 is 0 Å². The first-order valence-corrected chi connectivity index (χ1v) is 7.86. The van der Waals surface area contributed by atoms with E-state index < -0.39 is 0 Å². The Kier molecular flexibility index (Phi) is 3.72. The molecule has 1 saturated carbocycles. The lowest BCUT2D eigenvalue weighted by molar-refractivity contribution is 0.928. The summed E-state index contributed by atoms with van der Waals surface area (Å²) in [5.41, 5.74) is 7.66. The molecule has 0 atom stereocenters. The second-order valence-corrected chi connectivity index (χ2v) is 6.62. The van der Waals surface area contributed by atoms with E-state index in [-0.39, 0.29) is 0 Å². The summed E-state index contributed by atoms with van der Waals surface area (Å²) >= 11 is 8.47. The topological polar surface area (TPSA) is 63.8 Å². The van der Waals surface area contributed by atoms with E-state index in [1.807, 2.05) is 25.1 Å². The molecule has 20 heavy (non-hydrogen) atoms. The average Bonchev–Trinajstić information content (AvgIpc) is 3.22. The van der Waals surface area contributed by atoms with Crippen molar-refractivity contribution >= 4 is 51.5 Å². The van der Waals surface area contributed by atoms with Crippen molar-refractivity contribution in [3.8, 4) is 0 Å². The number of nitrogen functional groups attached to an aromatic ring is 1. The largest absolute Gasteiger partial charge is 0.383 e. The van der Waals surface area contributed by atoms with Crippen molar-refractivity contribution in [3.63, 3.8) is 0 Å². The molecule has 1 aliphatic rings. The van der Waals surface area contributed by atoms with Crippen LogP contribution in [0, 0.1) is 10.5 Å². The van der Waals surface area contributed by atoms with Crippen LogP contribution in [0.4, 0.5) is 17.3 Å². The summed E-state index contributed by atoms with van der Waals surface area (Å²) in [5.74, 6) is 2.57. The van der Waals surface area contributed by atoms with Gasteiger partial charge in [0.05, 0.1) is 10.7 Å². The zero-order chi connectivity index (χ0) is 14.3. The molecule has 0 amide bonds. The maximum Gasteiger partial charge on any atom is 0.139 e. The third kappa shape index (κ3) is 2.83. The maximum absolute atomic E-state index is 6.24. The van der Waals surface area contributed by atoms with Gasteiger partial charge in [0.2, 0.25) is 0 Å². The molecule has 4 nitrogen and oxygen atoms in total. The predicted molar refractivity (Wildman–Crippen MR) is 90.6 cm³/mol. The zero-order valence-electron chi connectivity index (χ0n) is 11.0. The molecule has 1 fully saturated rings. The van der Waals surface area contributed by atoms with Crippen LogP contribution in [0.1, 0.15) is 30.1 Å². The van der Waals surface area contributed by atoms with Gasteiger partial charge in [-0.25, -0.2) is 9.97 Å². The fourth-order valence-electron chi connectivity index (χ4n) is 1.92. The molecular weight excluding hydrogens is 387 g/mol. The maximum atomic E-state index is 6.24. The molecule has 0 aliphatic heterocycles. The highest BCUT2D eigenvalue weighted by atomic mass is 127. The molecule has 104 valence electrons. The van der Waals surface area contributed by atoms with Gasteiger partial charge in [0, 0.05) is 15.1 Å². The number of nitrogens with zero attached hydrogens (tertiary/aromatic N) is 2. The van der Waals surface area contributed by atoms with Crippen LogP contribution in [-0.2, 0) is 0 Å². The highest BCUT2D eigenvalue weighted by molar-refractivity contribution is 14.1. The van der Waals surface area contributed by atoms with Gasteiger partial charge >= 0.3 is 0 Å². The quantitative estimate of drug-likeness (QED) is 0.756. The molecule has 0 spiro atoms. The Morgan fingerprint density at radius 1 is 1.35 bits per heavy atom. The number of nitrogens with one attached hydrogen (secondary N) is 1. The minimum absolute atomic E-state index is 0.464. The van der Waals surface area contributed by atoms with E-state index in [2.05, 4.69) is 37.9 Å². The van der Waals surface area contributed by atoms with E-state index in [0.717, 1.165) is 39.3 Å². The first-order chi connectivity index (χ1) is 9.54. The summed E-state index contributed by atoms with van der Waals surface area (Å²) in [7, 11) is 0. The number of rotatable bonds is 3. The minimum atomic E-state index is 0.464. The van der Waals surface area contributed by atoms with Crippen LogP contribution < -0.4 is 11.1 Å². The molecule has 2 aromatic rings. The van der Waals surface area contributed by atoms with Crippen LogP contribution in [-0.4, -0.2) is 9.97 Å². The number of nitrogens with two attached hydrogens (primary N) is 1. The Hall–Kier alpha value is -1.08. The molecule has 3 rings (SSSR count). The molecule has 1 heterocycles. The van der Waals surface area contributed by atoms with Crippen LogP contribution in [0.5, 0.6) is 0 Å². The molecule has 0 unspecified atom stereocenters. The Morgan fingerprint density at radius 2 is 2.10 bits per heavy atom. The van der Waals surface area contributed by atoms with Crippen LogP contribution in [0.3, 0.4) is 0 Å². The van der Waals surface area contributed by atoms with E-state index in [4.69, 9.17) is 17.3 Å². The predicted octanol–water partition coefficient (Wildman–Crippen LogP) is 4.25. The van der Waals surface area contributed by atoms with Crippen molar-refractivity contribution in [2.75, 3.05) is 11.1 Å². The summed E-state index contributed by atoms with van der Waals surface area (Å²) in [5, 5.41) is 3.93. The van der Waals surface area contributed by atoms with Crippen molar-refractivity contribution in [2.45, 2.75) is 25.7 Å². The molecule has 3 N–H and O–H groups in total. The normalized spacial score (nSPS) is 14.3. The SMILES string of the molecule is Cc1c(N)nc(C2CC2)nc1Nc1ccc(I)cc1Cl. The number of aromatic nitrogens is 2. The monoisotopic (exact) mass is 400 g/mol. The van der Waals surface area contributed by atoms with Crippen LogP contribution >= 0.6 is 34.2 Å². The van der Waals surface area contributed by atoms with E-state index in [1.165, 1.54) is 0 Å². The Labute approximate surface area is 136 Å². The molecule has 1 aromatic heterocycles. The smallest absolute Gasteiger partial charge is 0.139 e. The molecular formula is C14H14ClIN4. The van der Waals surface area contributed by atoms with E-state index in [0.29, 0.717) is 16.8 Å². The Morgan fingerprint density at radius 3 is 2.75 bits per heavy atom. The highest BCUT2D eigenvalue weighted by Crippen LogP contribution is 2.39. The van der Waals surface area contributed by atoms with Gasteiger partial charge in [-0.1, -0.05) is 11.6 Å². The fourth-order valence-corrected chi connectivity index (χ4v) is 2.82. The van der Waals surface area contributed by atoms with Gasteiger partial charge in [-0.3, -0.25) is 0 Å². The van der Waals surface area contributed by atoms with Crippen molar-refractivity contribution in [3.05, 3.63) is 38.2 Å². The summed E-state index contributed by atoms with van der Waals surface area (Å²) in [4.78, 5) is 8.96.